The largest absolute Gasteiger partial charge is 0.497 e. The monoisotopic (exact) mass is 605 g/mol. The van der Waals surface area contributed by atoms with Crippen molar-refractivity contribution in [1.29, 1.82) is 0 Å². The predicted molar refractivity (Wildman–Crippen MR) is 156 cm³/mol. The van der Waals surface area contributed by atoms with E-state index in [1.54, 1.807) is 25.5 Å². The lowest BCUT2D eigenvalue weighted by Gasteiger charge is -2.24. The smallest absolute Gasteiger partial charge is 0.338 e. The number of ether oxygens (including phenoxy) is 2. The first-order valence-corrected chi connectivity index (χ1v) is 14.1. The summed E-state index contributed by atoms with van der Waals surface area (Å²) < 4.78 is 16.0. The Morgan fingerprint density at radius 3 is 2.44 bits per heavy atom. The molecule has 1 atom stereocenters. The van der Waals surface area contributed by atoms with Gasteiger partial charge in [-0.3, -0.25) is 9.36 Å². The lowest BCUT2D eigenvalue weighted by Crippen LogP contribution is -2.39. The molecule has 2 aromatic carbocycles. The summed E-state index contributed by atoms with van der Waals surface area (Å²) in [5, 5.41) is 0. The fourth-order valence-electron chi connectivity index (χ4n) is 4.96. The van der Waals surface area contributed by atoms with Crippen molar-refractivity contribution in [3.63, 3.8) is 0 Å². The number of halogens is 1. The van der Waals surface area contributed by atoms with Crippen LogP contribution < -0.4 is 19.6 Å². The Bertz CT molecular complexity index is 1780. The molecular formula is C30H28BrN3O4S. The molecule has 0 saturated carbocycles. The highest BCUT2D eigenvalue weighted by atomic mass is 79.9. The zero-order valence-corrected chi connectivity index (χ0v) is 24.7. The minimum atomic E-state index is -0.663. The van der Waals surface area contributed by atoms with Crippen LogP contribution in [0.3, 0.4) is 0 Å². The first-order chi connectivity index (χ1) is 18.7. The molecule has 3 heterocycles. The van der Waals surface area contributed by atoms with E-state index in [1.165, 1.54) is 11.3 Å². The Labute approximate surface area is 238 Å². The number of aromatic nitrogens is 2. The Morgan fingerprint density at radius 1 is 1.10 bits per heavy atom. The molecular weight excluding hydrogens is 578 g/mol. The van der Waals surface area contributed by atoms with Gasteiger partial charge in [0.15, 0.2) is 4.80 Å². The molecule has 1 unspecified atom stereocenters. The molecule has 9 heteroatoms. The molecule has 2 aromatic heterocycles. The van der Waals surface area contributed by atoms with Crippen LogP contribution in [0.25, 0.3) is 11.8 Å². The second kappa shape index (κ2) is 10.8. The summed E-state index contributed by atoms with van der Waals surface area (Å²) in [5.74, 6) is 0.206. The fourth-order valence-corrected chi connectivity index (χ4v) is 6.26. The number of aryl methyl sites for hydroxylation is 1. The van der Waals surface area contributed by atoms with E-state index in [4.69, 9.17) is 9.47 Å². The zero-order valence-electron chi connectivity index (χ0n) is 22.3. The number of esters is 1. The van der Waals surface area contributed by atoms with E-state index in [2.05, 4.69) is 43.7 Å². The van der Waals surface area contributed by atoms with Crippen molar-refractivity contribution in [2.45, 2.75) is 33.7 Å². The second-order valence-electron chi connectivity index (χ2n) is 9.21. The Morgan fingerprint density at radius 2 is 1.79 bits per heavy atom. The van der Waals surface area contributed by atoms with Crippen molar-refractivity contribution in [2.75, 3.05) is 13.7 Å². The van der Waals surface area contributed by atoms with Gasteiger partial charge in [-0.2, -0.15) is 0 Å². The number of methoxy groups -OCH3 is 1. The Kier molecular flexibility index (Phi) is 7.46. The van der Waals surface area contributed by atoms with Crippen LogP contribution in [0.4, 0.5) is 0 Å². The quantitative estimate of drug-likeness (QED) is 0.291. The van der Waals surface area contributed by atoms with Crippen LogP contribution in [0.1, 0.15) is 42.4 Å². The molecule has 5 rings (SSSR count). The van der Waals surface area contributed by atoms with Gasteiger partial charge in [-0.1, -0.05) is 39.4 Å². The van der Waals surface area contributed by atoms with Crippen LogP contribution in [0.2, 0.25) is 0 Å². The summed E-state index contributed by atoms with van der Waals surface area (Å²) >= 11 is 4.81. The maximum Gasteiger partial charge on any atom is 0.338 e. The predicted octanol–water partition coefficient (Wildman–Crippen LogP) is 4.98. The van der Waals surface area contributed by atoms with Gasteiger partial charge in [0, 0.05) is 21.5 Å². The average Bonchev–Trinajstić information content (AvgIpc) is 3.38. The minimum absolute atomic E-state index is 0.206. The molecule has 1 aliphatic heterocycles. The van der Waals surface area contributed by atoms with Crippen LogP contribution in [0.5, 0.6) is 5.75 Å². The van der Waals surface area contributed by atoms with Gasteiger partial charge in [0.1, 0.15) is 5.75 Å². The summed E-state index contributed by atoms with van der Waals surface area (Å²) in [4.78, 5) is 32.2. The standard InChI is InChI=1S/C30H28BrN3O4S/c1-6-38-29(36)26-18(3)32-30-34(27(26)20-7-13-24(37-5)14-8-20)28(35)25(39-30)16-21-15-17(2)33(19(21)4)23-11-9-22(31)10-12-23/h7-16,27H,6H2,1-5H3. The maximum atomic E-state index is 13.9. The third-order valence-corrected chi connectivity index (χ3v) is 8.30. The normalized spacial score (nSPS) is 15.2. The van der Waals surface area contributed by atoms with Gasteiger partial charge in [0.2, 0.25) is 0 Å². The highest BCUT2D eigenvalue weighted by Crippen LogP contribution is 2.31. The minimum Gasteiger partial charge on any atom is -0.497 e. The van der Waals surface area contributed by atoms with Gasteiger partial charge in [-0.15, -0.1) is 0 Å². The molecule has 1 aliphatic rings. The highest BCUT2D eigenvalue weighted by molar-refractivity contribution is 9.10. The summed E-state index contributed by atoms with van der Waals surface area (Å²) in [7, 11) is 1.60. The van der Waals surface area contributed by atoms with Gasteiger partial charge < -0.3 is 14.0 Å². The molecule has 0 radical (unpaired) electrons. The SMILES string of the molecule is CCOC(=O)C1=C(C)N=c2sc(=Cc3cc(C)n(-c4ccc(Br)cc4)c3C)c(=O)n2C1c1ccc(OC)cc1. The highest BCUT2D eigenvalue weighted by Gasteiger charge is 2.33. The van der Waals surface area contributed by atoms with Crippen LogP contribution in [0.15, 0.2) is 80.1 Å². The van der Waals surface area contributed by atoms with Gasteiger partial charge in [-0.05, 0) is 87.4 Å². The van der Waals surface area contributed by atoms with Crippen molar-refractivity contribution in [3.05, 3.63) is 113 Å². The molecule has 0 spiro atoms. The Balaban J connectivity index is 1.68. The number of nitrogens with zero attached hydrogens (tertiary/aromatic N) is 3. The number of thiazole rings is 1. The van der Waals surface area contributed by atoms with Crippen molar-refractivity contribution >= 4 is 39.3 Å². The lowest BCUT2D eigenvalue weighted by molar-refractivity contribution is -0.139. The number of carbonyl (C=O) groups is 1. The summed E-state index contributed by atoms with van der Waals surface area (Å²) in [6.45, 7) is 7.86. The van der Waals surface area contributed by atoms with Gasteiger partial charge in [0.25, 0.3) is 5.56 Å². The number of benzene rings is 2. The number of carbonyl (C=O) groups excluding carboxylic acids is 1. The van der Waals surface area contributed by atoms with Crippen molar-refractivity contribution in [1.82, 2.24) is 9.13 Å². The number of hydrogen-bond acceptors (Lipinski definition) is 6. The second-order valence-corrected chi connectivity index (χ2v) is 11.1. The van der Waals surface area contributed by atoms with Crippen LogP contribution >= 0.6 is 27.3 Å². The third kappa shape index (κ3) is 4.92. The van der Waals surface area contributed by atoms with Crippen molar-refractivity contribution in [2.24, 2.45) is 4.99 Å². The van der Waals surface area contributed by atoms with E-state index in [-0.39, 0.29) is 12.2 Å². The number of allylic oxidation sites excluding steroid dienone is 1. The molecule has 0 saturated heterocycles. The molecule has 200 valence electrons. The molecule has 4 aromatic rings. The molecule has 0 aliphatic carbocycles. The molecule has 0 bridgehead atoms. The van der Waals surface area contributed by atoms with Gasteiger partial charge in [0.05, 0.1) is 35.6 Å². The van der Waals surface area contributed by atoms with E-state index < -0.39 is 12.0 Å². The topological polar surface area (TPSA) is 74.8 Å². The number of rotatable bonds is 6. The van der Waals surface area contributed by atoms with Crippen molar-refractivity contribution < 1.29 is 14.3 Å². The average molecular weight is 607 g/mol. The first kappa shape index (κ1) is 26.9. The van der Waals surface area contributed by atoms with Gasteiger partial charge in [-0.25, -0.2) is 9.79 Å². The van der Waals surface area contributed by atoms with Gasteiger partial charge >= 0.3 is 5.97 Å². The summed E-state index contributed by atoms with van der Waals surface area (Å²) in [5.41, 5.74) is 5.54. The van der Waals surface area contributed by atoms with Crippen LogP contribution in [-0.4, -0.2) is 28.8 Å². The van der Waals surface area contributed by atoms with E-state index >= 15 is 0 Å². The molecule has 0 fully saturated rings. The first-order valence-electron chi connectivity index (χ1n) is 12.5. The Hall–Kier alpha value is -3.69. The molecule has 39 heavy (non-hydrogen) atoms. The molecule has 0 N–H and O–H groups in total. The third-order valence-electron chi connectivity index (χ3n) is 6.79. The summed E-state index contributed by atoms with van der Waals surface area (Å²) in [6.07, 6.45) is 1.91. The van der Waals surface area contributed by atoms with Crippen LogP contribution in [0, 0.1) is 13.8 Å². The van der Waals surface area contributed by atoms with Crippen molar-refractivity contribution in [3.8, 4) is 11.4 Å². The lowest BCUT2D eigenvalue weighted by atomic mass is 9.96. The molecule has 7 nitrogen and oxygen atoms in total. The zero-order chi connectivity index (χ0) is 27.8. The fraction of sp³-hybridized carbons (Fsp3) is 0.233. The molecule has 0 amide bonds. The van der Waals surface area contributed by atoms with E-state index in [9.17, 15) is 9.59 Å². The number of hydrogen-bond donors (Lipinski definition) is 0. The summed E-state index contributed by atoms with van der Waals surface area (Å²) in [6, 6.07) is 16.9. The number of fused-ring (bicyclic) bond motifs is 1. The van der Waals surface area contributed by atoms with E-state index in [0.29, 0.717) is 26.4 Å². The van der Waals surface area contributed by atoms with Crippen LogP contribution in [-0.2, 0) is 9.53 Å². The van der Waals surface area contributed by atoms with E-state index in [1.807, 2.05) is 56.3 Å². The maximum absolute atomic E-state index is 13.9. The van der Waals surface area contributed by atoms with E-state index in [0.717, 1.165) is 32.7 Å².